The van der Waals surface area contributed by atoms with Crippen LogP contribution in [0, 0.1) is 0 Å². The predicted molar refractivity (Wildman–Crippen MR) is 73.0 cm³/mol. The van der Waals surface area contributed by atoms with E-state index in [0.717, 1.165) is 12.1 Å². The summed E-state index contributed by atoms with van der Waals surface area (Å²) in [6, 6.07) is 6.71. The number of amides is 1. The van der Waals surface area contributed by atoms with Gasteiger partial charge >= 0.3 is 0 Å². The fourth-order valence-corrected chi connectivity index (χ4v) is 1.61. The lowest BCUT2D eigenvalue weighted by molar-refractivity contribution is -0.166. The number of hydrogen-bond acceptors (Lipinski definition) is 4. The summed E-state index contributed by atoms with van der Waals surface area (Å²) in [6.45, 7) is 4.56. The van der Waals surface area contributed by atoms with Gasteiger partial charge in [-0.25, -0.2) is 0 Å². The van der Waals surface area contributed by atoms with Crippen LogP contribution >= 0.6 is 0 Å². The number of benzene rings is 1. The Bertz CT molecular complexity index is 378. The molecular weight excluding hydrogens is 230 g/mol. The van der Waals surface area contributed by atoms with Crippen molar-refractivity contribution in [1.82, 2.24) is 5.06 Å². The van der Waals surface area contributed by atoms with Crippen LogP contribution in [0.25, 0.3) is 0 Å². The number of rotatable bonds is 6. The zero-order valence-corrected chi connectivity index (χ0v) is 11.1. The van der Waals surface area contributed by atoms with Gasteiger partial charge in [0.25, 0.3) is 0 Å². The summed E-state index contributed by atoms with van der Waals surface area (Å²) in [5.74, 6) is -0.102. The molecule has 1 unspecified atom stereocenters. The number of nitrogens with two attached hydrogens (primary N) is 1. The number of anilines is 2. The number of hydrogen-bond donors (Lipinski definition) is 2. The van der Waals surface area contributed by atoms with Gasteiger partial charge in [-0.2, -0.15) is 5.06 Å². The Morgan fingerprint density at radius 1 is 1.44 bits per heavy atom. The van der Waals surface area contributed by atoms with Crippen molar-refractivity contribution >= 4 is 17.3 Å². The third-order valence-corrected chi connectivity index (χ3v) is 2.67. The first-order valence-electron chi connectivity index (χ1n) is 6.05. The van der Waals surface area contributed by atoms with Crippen LogP contribution in [0.3, 0.4) is 0 Å². The van der Waals surface area contributed by atoms with Crippen LogP contribution in [0.1, 0.15) is 20.3 Å². The number of nitrogens with one attached hydrogen (secondary N) is 1. The number of hydroxylamine groups is 2. The molecule has 0 fully saturated rings. The summed E-state index contributed by atoms with van der Waals surface area (Å²) >= 11 is 0. The van der Waals surface area contributed by atoms with E-state index in [1.54, 1.807) is 36.4 Å². The molecule has 0 saturated heterocycles. The van der Waals surface area contributed by atoms with E-state index in [1.807, 2.05) is 13.8 Å². The lowest BCUT2D eigenvalue weighted by Gasteiger charge is -2.25. The molecule has 0 radical (unpaired) electrons. The maximum absolute atomic E-state index is 12.0. The number of carbonyl (C=O) groups is 1. The molecule has 0 spiro atoms. The third kappa shape index (κ3) is 4.01. The van der Waals surface area contributed by atoms with Gasteiger partial charge in [0.15, 0.2) is 0 Å². The largest absolute Gasteiger partial charge is 0.399 e. The lowest BCUT2D eigenvalue weighted by Crippen LogP contribution is -2.41. The van der Waals surface area contributed by atoms with E-state index in [4.69, 9.17) is 10.6 Å². The van der Waals surface area contributed by atoms with Crippen molar-refractivity contribution < 1.29 is 9.63 Å². The normalized spacial score (nSPS) is 12.4. The summed E-state index contributed by atoms with van der Waals surface area (Å²) < 4.78 is 0. The zero-order chi connectivity index (χ0) is 13.5. The van der Waals surface area contributed by atoms with Gasteiger partial charge in [0.1, 0.15) is 6.04 Å². The van der Waals surface area contributed by atoms with Gasteiger partial charge in [0.2, 0.25) is 5.91 Å². The second-order valence-electron chi connectivity index (χ2n) is 4.11. The van der Waals surface area contributed by atoms with Gasteiger partial charge in [0, 0.05) is 17.9 Å². The van der Waals surface area contributed by atoms with Crippen molar-refractivity contribution in [3.8, 4) is 0 Å². The second-order valence-corrected chi connectivity index (χ2v) is 4.11. The van der Waals surface area contributed by atoms with Crippen LogP contribution in [0.5, 0.6) is 0 Å². The van der Waals surface area contributed by atoms with E-state index >= 15 is 0 Å². The molecule has 0 aliphatic carbocycles. The Morgan fingerprint density at radius 2 is 2.06 bits per heavy atom. The predicted octanol–water partition coefficient (Wildman–Crippen LogP) is 1.87. The first-order chi connectivity index (χ1) is 8.58. The molecule has 1 amide bonds. The molecule has 100 valence electrons. The van der Waals surface area contributed by atoms with E-state index in [0.29, 0.717) is 12.2 Å². The molecule has 1 atom stereocenters. The summed E-state index contributed by atoms with van der Waals surface area (Å²) in [7, 11) is 1.57. The summed E-state index contributed by atoms with van der Waals surface area (Å²) in [5, 5.41) is 4.49. The average molecular weight is 251 g/mol. The molecule has 18 heavy (non-hydrogen) atoms. The van der Waals surface area contributed by atoms with Crippen LogP contribution < -0.4 is 11.1 Å². The van der Waals surface area contributed by atoms with Crippen molar-refractivity contribution in [1.29, 1.82) is 0 Å². The summed E-state index contributed by atoms with van der Waals surface area (Å²) in [4.78, 5) is 17.2. The number of nitrogens with zero attached hydrogens (tertiary/aromatic N) is 1. The van der Waals surface area contributed by atoms with Gasteiger partial charge in [-0.3, -0.25) is 4.79 Å². The number of nitrogen functional groups attached to an aromatic ring is 1. The van der Waals surface area contributed by atoms with Crippen molar-refractivity contribution in [3.05, 3.63) is 24.3 Å². The molecule has 0 aromatic heterocycles. The Labute approximate surface area is 108 Å². The van der Waals surface area contributed by atoms with Crippen molar-refractivity contribution in [2.24, 2.45) is 0 Å². The monoisotopic (exact) mass is 251 g/mol. The Kier molecular flexibility index (Phi) is 5.61. The van der Waals surface area contributed by atoms with Crippen LogP contribution in [0.2, 0.25) is 0 Å². The Morgan fingerprint density at radius 3 is 2.56 bits per heavy atom. The van der Waals surface area contributed by atoms with E-state index in [2.05, 4.69) is 5.32 Å². The number of carbonyl (C=O) groups excluding carboxylic acids is 1. The van der Waals surface area contributed by atoms with Crippen molar-refractivity contribution in [2.75, 3.05) is 24.7 Å². The quantitative estimate of drug-likeness (QED) is 0.598. The highest BCUT2D eigenvalue weighted by molar-refractivity contribution is 5.94. The SMILES string of the molecule is CCCN(OC)C(C)C(=O)Nc1ccc(N)cc1. The van der Waals surface area contributed by atoms with Gasteiger partial charge in [0.05, 0.1) is 7.11 Å². The molecule has 0 aliphatic heterocycles. The first kappa shape index (κ1) is 14.5. The third-order valence-electron chi connectivity index (χ3n) is 2.67. The molecule has 1 rings (SSSR count). The molecular formula is C13H21N3O2. The van der Waals surface area contributed by atoms with Crippen molar-refractivity contribution in [2.45, 2.75) is 26.3 Å². The fraction of sp³-hybridized carbons (Fsp3) is 0.462. The molecule has 5 heteroatoms. The van der Waals surface area contributed by atoms with Gasteiger partial charge in [-0.15, -0.1) is 0 Å². The van der Waals surface area contributed by atoms with Crippen LogP contribution in [0.4, 0.5) is 11.4 Å². The second kappa shape index (κ2) is 6.98. The lowest BCUT2D eigenvalue weighted by atomic mass is 10.2. The molecule has 0 aliphatic rings. The van der Waals surface area contributed by atoms with E-state index in [9.17, 15) is 4.79 Å². The molecule has 5 nitrogen and oxygen atoms in total. The minimum atomic E-state index is -0.340. The summed E-state index contributed by atoms with van der Waals surface area (Å²) in [6.07, 6.45) is 0.924. The van der Waals surface area contributed by atoms with E-state index < -0.39 is 0 Å². The topological polar surface area (TPSA) is 67.6 Å². The highest BCUT2D eigenvalue weighted by Gasteiger charge is 2.20. The first-order valence-corrected chi connectivity index (χ1v) is 6.05. The van der Waals surface area contributed by atoms with Crippen molar-refractivity contribution in [3.63, 3.8) is 0 Å². The van der Waals surface area contributed by atoms with E-state index in [-0.39, 0.29) is 11.9 Å². The van der Waals surface area contributed by atoms with Gasteiger partial charge in [-0.1, -0.05) is 6.92 Å². The van der Waals surface area contributed by atoms with Gasteiger partial charge in [-0.05, 0) is 37.6 Å². The molecule has 0 saturated carbocycles. The minimum Gasteiger partial charge on any atom is -0.399 e. The molecule has 0 bridgehead atoms. The highest BCUT2D eigenvalue weighted by Crippen LogP contribution is 2.12. The summed E-state index contributed by atoms with van der Waals surface area (Å²) in [5.41, 5.74) is 6.99. The maximum atomic E-state index is 12.0. The Balaban J connectivity index is 2.61. The molecule has 3 N–H and O–H groups in total. The maximum Gasteiger partial charge on any atom is 0.243 e. The van der Waals surface area contributed by atoms with Crippen LogP contribution in [-0.2, 0) is 9.63 Å². The minimum absolute atomic E-state index is 0.102. The standard InChI is InChI=1S/C13H21N3O2/c1-4-9-16(18-3)10(2)13(17)15-12-7-5-11(14)6-8-12/h5-8,10H,4,9,14H2,1-3H3,(H,15,17). The molecule has 1 aromatic carbocycles. The van der Waals surface area contributed by atoms with E-state index in [1.165, 1.54) is 0 Å². The highest BCUT2D eigenvalue weighted by atomic mass is 16.7. The Hall–Kier alpha value is -1.59. The average Bonchev–Trinajstić information content (AvgIpc) is 2.37. The fourth-order valence-electron chi connectivity index (χ4n) is 1.61. The molecule has 0 heterocycles. The zero-order valence-electron chi connectivity index (χ0n) is 11.1. The van der Waals surface area contributed by atoms with Gasteiger partial charge < -0.3 is 15.9 Å². The smallest absolute Gasteiger partial charge is 0.243 e. The van der Waals surface area contributed by atoms with Crippen LogP contribution in [-0.4, -0.2) is 30.7 Å². The molecule has 1 aromatic rings. The van der Waals surface area contributed by atoms with Crippen LogP contribution in [0.15, 0.2) is 24.3 Å².